The summed E-state index contributed by atoms with van der Waals surface area (Å²) in [4.78, 5) is 37.8. The Bertz CT molecular complexity index is 575. The number of nitrogens with zero attached hydrogens (tertiary/aromatic N) is 3. The number of piperazine rings is 1. The second-order valence-corrected chi connectivity index (χ2v) is 5.58. The van der Waals surface area contributed by atoms with E-state index in [9.17, 15) is 19.7 Å². The largest absolute Gasteiger partial charge is 0.339 e. The summed E-state index contributed by atoms with van der Waals surface area (Å²) in [7, 11) is 0. The van der Waals surface area contributed by atoms with Crippen LogP contribution < -0.4 is 0 Å². The van der Waals surface area contributed by atoms with Crippen LogP contribution in [0, 0.1) is 16.0 Å². The highest BCUT2D eigenvalue weighted by atomic mass is 16.6. The molecular formula is C15H19N3O4. The maximum atomic E-state index is 12.3. The number of carbonyl (C=O) groups excluding carboxylic acids is 2. The number of hydrogen-bond donors (Lipinski definition) is 0. The number of benzene rings is 1. The molecule has 0 N–H and O–H groups in total. The second kappa shape index (κ2) is 6.55. The summed E-state index contributed by atoms with van der Waals surface area (Å²) in [6.45, 7) is 5.72. The summed E-state index contributed by atoms with van der Waals surface area (Å²) in [6.07, 6.45) is 0. The molecule has 1 saturated heterocycles. The Morgan fingerprint density at radius 1 is 1.05 bits per heavy atom. The normalized spacial score (nSPS) is 15.0. The maximum absolute atomic E-state index is 12.3. The van der Waals surface area contributed by atoms with E-state index in [2.05, 4.69) is 0 Å². The van der Waals surface area contributed by atoms with Gasteiger partial charge in [-0.25, -0.2) is 0 Å². The minimum absolute atomic E-state index is 0.0381. The number of non-ortho nitro benzene ring substituents is 1. The molecule has 0 aromatic heterocycles. The molecule has 0 spiro atoms. The first-order valence-electron chi connectivity index (χ1n) is 7.22. The van der Waals surface area contributed by atoms with Crippen LogP contribution in [0.3, 0.4) is 0 Å². The Morgan fingerprint density at radius 3 is 2.00 bits per heavy atom. The zero-order chi connectivity index (χ0) is 16.3. The number of nitro benzene ring substituents is 1. The minimum Gasteiger partial charge on any atom is -0.339 e. The molecule has 0 aliphatic carbocycles. The van der Waals surface area contributed by atoms with Crippen LogP contribution >= 0.6 is 0 Å². The Morgan fingerprint density at radius 2 is 1.55 bits per heavy atom. The van der Waals surface area contributed by atoms with Crippen molar-refractivity contribution in [2.75, 3.05) is 26.2 Å². The predicted octanol–water partition coefficient (Wildman–Crippen LogP) is 1.54. The molecule has 1 aliphatic heterocycles. The van der Waals surface area contributed by atoms with E-state index < -0.39 is 4.92 Å². The van der Waals surface area contributed by atoms with E-state index >= 15 is 0 Å². The van der Waals surface area contributed by atoms with Crippen molar-refractivity contribution in [3.05, 3.63) is 39.9 Å². The SMILES string of the molecule is CC(C)C(=O)N1CCN(C(=O)c2ccc([N+](=O)[O-])cc2)CC1. The van der Waals surface area contributed by atoms with Crippen LogP contribution in [0.25, 0.3) is 0 Å². The smallest absolute Gasteiger partial charge is 0.269 e. The number of hydrogen-bond acceptors (Lipinski definition) is 4. The lowest BCUT2D eigenvalue weighted by Gasteiger charge is -2.35. The van der Waals surface area contributed by atoms with Crippen LogP contribution in [0.4, 0.5) is 5.69 Å². The Balaban J connectivity index is 1.97. The molecule has 1 fully saturated rings. The number of carbonyl (C=O) groups is 2. The summed E-state index contributed by atoms with van der Waals surface area (Å²) in [5.74, 6) is -0.106. The molecule has 1 aromatic rings. The van der Waals surface area contributed by atoms with Crippen molar-refractivity contribution in [2.45, 2.75) is 13.8 Å². The van der Waals surface area contributed by atoms with E-state index in [-0.39, 0.29) is 23.4 Å². The Hall–Kier alpha value is -2.44. The lowest BCUT2D eigenvalue weighted by molar-refractivity contribution is -0.384. The van der Waals surface area contributed by atoms with Crippen LogP contribution in [0.1, 0.15) is 24.2 Å². The van der Waals surface area contributed by atoms with Crippen molar-refractivity contribution in [2.24, 2.45) is 5.92 Å². The first-order chi connectivity index (χ1) is 10.4. The quantitative estimate of drug-likeness (QED) is 0.626. The van der Waals surface area contributed by atoms with Crippen molar-refractivity contribution in [1.29, 1.82) is 0 Å². The van der Waals surface area contributed by atoms with Gasteiger partial charge in [0.15, 0.2) is 0 Å². The topological polar surface area (TPSA) is 83.8 Å². The zero-order valence-corrected chi connectivity index (χ0v) is 12.7. The van der Waals surface area contributed by atoms with Crippen molar-refractivity contribution in [3.8, 4) is 0 Å². The Kier molecular flexibility index (Phi) is 4.75. The van der Waals surface area contributed by atoms with Gasteiger partial charge >= 0.3 is 0 Å². The summed E-state index contributed by atoms with van der Waals surface area (Å²) in [5.41, 5.74) is 0.387. The summed E-state index contributed by atoms with van der Waals surface area (Å²) in [5, 5.41) is 10.6. The lowest BCUT2D eigenvalue weighted by atomic mass is 10.1. The van der Waals surface area contributed by atoms with E-state index in [1.807, 2.05) is 13.8 Å². The lowest BCUT2D eigenvalue weighted by Crippen LogP contribution is -2.51. The molecule has 7 heteroatoms. The average Bonchev–Trinajstić information content (AvgIpc) is 2.53. The number of rotatable bonds is 3. The number of nitro groups is 1. The van der Waals surface area contributed by atoms with Crippen LogP contribution in [-0.2, 0) is 4.79 Å². The van der Waals surface area contributed by atoms with Gasteiger partial charge in [-0.1, -0.05) is 13.8 Å². The molecule has 0 atom stereocenters. The highest BCUT2D eigenvalue weighted by Gasteiger charge is 2.26. The molecule has 0 saturated carbocycles. The van der Waals surface area contributed by atoms with Gasteiger partial charge in [0, 0.05) is 49.8 Å². The maximum Gasteiger partial charge on any atom is 0.269 e. The van der Waals surface area contributed by atoms with E-state index in [0.29, 0.717) is 31.7 Å². The van der Waals surface area contributed by atoms with Crippen LogP contribution in [-0.4, -0.2) is 52.7 Å². The molecule has 1 aromatic carbocycles. The van der Waals surface area contributed by atoms with Gasteiger partial charge in [0.2, 0.25) is 5.91 Å². The minimum atomic E-state index is -0.495. The van der Waals surface area contributed by atoms with Gasteiger partial charge in [-0.05, 0) is 12.1 Å². The van der Waals surface area contributed by atoms with Crippen molar-refractivity contribution in [3.63, 3.8) is 0 Å². The molecule has 2 rings (SSSR count). The van der Waals surface area contributed by atoms with Gasteiger partial charge in [0.25, 0.3) is 11.6 Å². The molecule has 118 valence electrons. The van der Waals surface area contributed by atoms with Crippen molar-refractivity contribution >= 4 is 17.5 Å². The molecule has 1 heterocycles. The van der Waals surface area contributed by atoms with Gasteiger partial charge in [0.05, 0.1) is 4.92 Å². The molecule has 0 radical (unpaired) electrons. The van der Waals surface area contributed by atoms with E-state index in [4.69, 9.17) is 0 Å². The zero-order valence-electron chi connectivity index (χ0n) is 12.7. The fraction of sp³-hybridized carbons (Fsp3) is 0.467. The van der Waals surface area contributed by atoms with Crippen molar-refractivity contribution < 1.29 is 14.5 Å². The van der Waals surface area contributed by atoms with Crippen LogP contribution in [0.5, 0.6) is 0 Å². The molecule has 2 amide bonds. The molecule has 22 heavy (non-hydrogen) atoms. The van der Waals surface area contributed by atoms with E-state index in [1.54, 1.807) is 9.80 Å². The molecular weight excluding hydrogens is 286 g/mol. The van der Waals surface area contributed by atoms with Gasteiger partial charge in [0.1, 0.15) is 0 Å². The fourth-order valence-electron chi connectivity index (χ4n) is 2.40. The first kappa shape index (κ1) is 15.9. The standard InChI is InChI=1S/C15H19N3O4/c1-11(2)14(19)16-7-9-17(10-8-16)15(20)12-3-5-13(6-4-12)18(21)22/h3-6,11H,7-10H2,1-2H3. The summed E-state index contributed by atoms with van der Waals surface area (Å²) >= 11 is 0. The molecule has 7 nitrogen and oxygen atoms in total. The third kappa shape index (κ3) is 3.41. The van der Waals surface area contributed by atoms with Gasteiger partial charge in [-0.15, -0.1) is 0 Å². The third-order valence-electron chi connectivity index (χ3n) is 3.70. The van der Waals surface area contributed by atoms with E-state index in [0.717, 1.165) is 0 Å². The molecule has 1 aliphatic rings. The van der Waals surface area contributed by atoms with Crippen molar-refractivity contribution in [1.82, 2.24) is 9.80 Å². The number of amides is 2. The van der Waals surface area contributed by atoms with Crippen LogP contribution in [0.2, 0.25) is 0 Å². The second-order valence-electron chi connectivity index (χ2n) is 5.58. The summed E-state index contributed by atoms with van der Waals surface area (Å²) < 4.78 is 0. The molecule has 0 bridgehead atoms. The highest BCUT2D eigenvalue weighted by molar-refractivity contribution is 5.94. The van der Waals surface area contributed by atoms with Crippen LogP contribution in [0.15, 0.2) is 24.3 Å². The molecule has 0 unspecified atom stereocenters. The average molecular weight is 305 g/mol. The monoisotopic (exact) mass is 305 g/mol. The highest BCUT2D eigenvalue weighted by Crippen LogP contribution is 2.15. The summed E-state index contributed by atoms with van der Waals surface area (Å²) in [6, 6.07) is 5.58. The Labute approximate surface area is 128 Å². The van der Waals surface area contributed by atoms with Gasteiger partial charge < -0.3 is 9.80 Å². The first-order valence-corrected chi connectivity index (χ1v) is 7.22. The van der Waals surface area contributed by atoms with E-state index in [1.165, 1.54) is 24.3 Å². The predicted molar refractivity (Wildman–Crippen MR) is 80.4 cm³/mol. The van der Waals surface area contributed by atoms with Gasteiger partial charge in [-0.2, -0.15) is 0 Å². The van der Waals surface area contributed by atoms with Gasteiger partial charge in [-0.3, -0.25) is 19.7 Å². The third-order valence-corrected chi connectivity index (χ3v) is 3.70. The fourth-order valence-corrected chi connectivity index (χ4v) is 2.40.